The van der Waals surface area contributed by atoms with E-state index in [0.717, 1.165) is 50.1 Å². The third kappa shape index (κ3) is 5.04. The molecule has 0 aromatic heterocycles. The van der Waals surface area contributed by atoms with Crippen molar-refractivity contribution in [3.05, 3.63) is 60.2 Å². The normalized spacial score (nSPS) is 17.5. The predicted octanol–water partition coefficient (Wildman–Crippen LogP) is 2.66. The molecule has 2 fully saturated rings. The number of carbonyl (C=O) groups excluding carboxylic acids is 2. The zero-order chi connectivity index (χ0) is 20.1. The van der Waals surface area contributed by atoms with Crippen LogP contribution < -0.4 is 0 Å². The van der Waals surface area contributed by atoms with Gasteiger partial charge in [0, 0.05) is 39.3 Å². The number of carbonyl (C=O) groups is 2. The number of hydrogen-bond donors (Lipinski definition) is 0. The first-order valence-electron chi connectivity index (χ1n) is 10.6. The molecule has 0 spiro atoms. The molecule has 0 unspecified atom stereocenters. The molecular weight excluding hydrogens is 362 g/mol. The zero-order valence-electron chi connectivity index (χ0n) is 16.9. The molecule has 2 saturated heterocycles. The molecule has 29 heavy (non-hydrogen) atoms. The van der Waals surface area contributed by atoms with Crippen LogP contribution in [0.5, 0.6) is 0 Å². The number of likely N-dealkylation sites (tertiary alicyclic amines) is 1. The fourth-order valence-corrected chi connectivity index (χ4v) is 4.15. The number of rotatable bonds is 5. The van der Waals surface area contributed by atoms with E-state index in [2.05, 4.69) is 29.2 Å². The first kappa shape index (κ1) is 19.6. The molecule has 4 rings (SSSR count). The van der Waals surface area contributed by atoms with Crippen LogP contribution in [-0.4, -0.2) is 72.3 Å². The maximum atomic E-state index is 12.7. The van der Waals surface area contributed by atoms with E-state index in [4.69, 9.17) is 0 Å². The van der Waals surface area contributed by atoms with E-state index < -0.39 is 0 Å². The Morgan fingerprint density at radius 3 is 1.90 bits per heavy atom. The van der Waals surface area contributed by atoms with Crippen molar-refractivity contribution >= 4 is 11.8 Å². The van der Waals surface area contributed by atoms with Gasteiger partial charge in [-0.3, -0.25) is 14.5 Å². The van der Waals surface area contributed by atoms with Crippen LogP contribution in [0.25, 0.3) is 11.1 Å². The third-order valence-corrected chi connectivity index (χ3v) is 5.96. The maximum absolute atomic E-state index is 12.7. The van der Waals surface area contributed by atoms with Crippen molar-refractivity contribution in [2.24, 2.45) is 0 Å². The van der Waals surface area contributed by atoms with Crippen LogP contribution >= 0.6 is 0 Å². The van der Waals surface area contributed by atoms with Gasteiger partial charge in [-0.1, -0.05) is 54.6 Å². The fourth-order valence-electron chi connectivity index (χ4n) is 4.15. The summed E-state index contributed by atoms with van der Waals surface area (Å²) < 4.78 is 0. The Morgan fingerprint density at radius 2 is 1.24 bits per heavy atom. The highest BCUT2D eigenvalue weighted by molar-refractivity contribution is 5.80. The molecule has 0 N–H and O–H groups in total. The van der Waals surface area contributed by atoms with E-state index in [-0.39, 0.29) is 11.8 Å². The smallest absolute Gasteiger partial charge is 0.236 e. The van der Waals surface area contributed by atoms with Gasteiger partial charge in [0.1, 0.15) is 0 Å². The topological polar surface area (TPSA) is 43.9 Å². The van der Waals surface area contributed by atoms with Crippen LogP contribution in [0.1, 0.15) is 18.4 Å². The summed E-state index contributed by atoms with van der Waals surface area (Å²) in [6.07, 6.45) is 2.68. The van der Waals surface area contributed by atoms with Crippen molar-refractivity contribution < 1.29 is 9.59 Å². The van der Waals surface area contributed by atoms with Crippen LogP contribution in [0.2, 0.25) is 0 Å². The average Bonchev–Trinajstić information content (AvgIpc) is 3.31. The number of nitrogens with zero attached hydrogens (tertiary/aromatic N) is 3. The molecule has 5 heteroatoms. The maximum Gasteiger partial charge on any atom is 0.236 e. The highest BCUT2D eigenvalue weighted by atomic mass is 16.2. The van der Waals surface area contributed by atoms with Crippen molar-refractivity contribution in [2.75, 3.05) is 45.8 Å². The lowest BCUT2D eigenvalue weighted by atomic mass is 10.0. The summed E-state index contributed by atoms with van der Waals surface area (Å²) in [5.74, 6) is 0.406. The molecule has 0 atom stereocenters. The van der Waals surface area contributed by atoms with E-state index in [1.165, 1.54) is 5.56 Å². The minimum absolute atomic E-state index is 0.169. The summed E-state index contributed by atoms with van der Waals surface area (Å²) >= 11 is 0. The largest absolute Gasteiger partial charge is 0.342 e. The molecule has 2 aliphatic rings. The van der Waals surface area contributed by atoms with Gasteiger partial charge in [0.15, 0.2) is 0 Å². The standard InChI is InChI=1S/C24H29N3O2/c28-23(18-20-8-10-22(11-9-20)21-6-2-1-3-7-21)27-16-14-25(15-17-27)19-24(29)26-12-4-5-13-26/h1-3,6-11H,4-5,12-19H2. The number of benzene rings is 2. The van der Waals surface area contributed by atoms with Gasteiger partial charge in [0.05, 0.1) is 13.0 Å². The molecule has 2 aromatic rings. The molecule has 2 heterocycles. The van der Waals surface area contributed by atoms with Crippen LogP contribution in [0, 0.1) is 0 Å². The summed E-state index contributed by atoms with van der Waals surface area (Å²) in [4.78, 5) is 31.1. The van der Waals surface area contributed by atoms with E-state index in [0.29, 0.717) is 26.1 Å². The second kappa shape index (κ2) is 9.23. The lowest BCUT2D eigenvalue weighted by Crippen LogP contribution is -2.51. The SMILES string of the molecule is O=C(Cc1ccc(-c2ccccc2)cc1)N1CCN(CC(=O)N2CCCC2)CC1. The van der Waals surface area contributed by atoms with Gasteiger partial charge < -0.3 is 9.80 Å². The molecule has 0 bridgehead atoms. The van der Waals surface area contributed by atoms with Crippen LogP contribution in [0.15, 0.2) is 54.6 Å². The predicted molar refractivity (Wildman–Crippen MR) is 114 cm³/mol. The molecule has 0 aliphatic carbocycles. The van der Waals surface area contributed by atoms with Gasteiger partial charge in [-0.25, -0.2) is 0 Å². The third-order valence-electron chi connectivity index (χ3n) is 5.96. The first-order chi connectivity index (χ1) is 14.2. The summed E-state index contributed by atoms with van der Waals surface area (Å²) in [7, 11) is 0. The van der Waals surface area contributed by atoms with Gasteiger partial charge in [-0.05, 0) is 29.5 Å². The summed E-state index contributed by atoms with van der Waals surface area (Å²) in [5.41, 5.74) is 3.39. The lowest BCUT2D eigenvalue weighted by Gasteiger charge is -2.35. The molecule has 2 amide bonds. The molecule has 0 saturated carbocycles. The van der Waals surface area contributed by atoms with Gasteiger partial charge in [0.2, 0.25) is 11.8 Å². The van der Waals surface area contributed by atoms with Gasteiger partial charge in [0.25, 0.3) is 0 Å². The number of piperazine rings is 1. The average molecular weight is 392 g/mol. The Hall–Kier alpha value is -2.66. The molecule has 2 aliphatic heterocycles. The van der Waals surface area contributed by atoms with Crippen LogP contribution in [-0.2, 0) is 16.0 Å². The highest BCUT2D eigenvalue weighted by Crippen LogP contribution is 2.19. The second-order valence-corrected chi connectivity index (χ2v) is 7.98. The van der Waals surface area contributed by atoms with Crippen molar-refractivity contribution in [3.8, 4) is 11.1 Å². The Kier molecular flexibility index (Phi) is 6.25. The highest BCUT2D eigenvalue weighted by Gasteiger charge is 2.25. The van der Waals surface area contributed by atoms with E-state index in [9.17, 15) is 9.59 Å². The van der Waals surface area contributed by atoms with Crippen molar-refractivity contribution in [1.82, 2.24) is 14.7 Å². The van der Waals surface area contributed by atoms with Gasteiger partial charge in [-0.15, -0.1) is 0 Å². The van der Waals surface area contributed by atoms with Gasteiger partial charge in [-0.2, -0.15) is 0 Å². The monoisotopic (exact) mass is 391 g/mol. The summed E-state index contributed by atoms with van der Waals surface area (Å²) in [6.45, 7) is 5.25. The zero-order valence-corrected chi connectivity index (χ0v) is 16.9. The van der Waals surface area contributed by atoms with E-state index in [1.54, 1.807) is 0 Å². The Bertz CT molecular complexity index is 821. The van der Waals surface area contributed by atoms with E-state index in [1.807, 2.05) is 40.1 Å². The van der Waals surface area contributed by atoms with E-state index >= 15 is 0 Å². The molecule has 152 valence electrons. The Morgan fingerprint density at radius 1 is 0.655 bits per heavy atom. The Balaban J connectivity index is 1.25. The molecule has 0 radical (unpaired) electrons. The summed E-state index contributed by atoms with van der Waals surface area (Å²) in [5, 5.41) is 0. The number of hydrogen-bond acceptors (Lipinski definition) is 3. The fraction of sp³-hybridized carbons (Fsp3) is 0.417. The second-order valence-electron chi connectivity index (χ2n) is 7.98. The van der Waals surface area contributed by atoms with Crippen molar-refractivity contribution in [2.45, 2.75) is 19.3 Å². The first-order valence-corrected chi connectivity index (χ1v) is 10.6. The molecular formula is C24H29N3O2. The van der Waals surface area contributed by atoms with Crippen LogP contribution in [0.3, 0.4) is 0 Å². The van der Waals surface area contributed by atoms with Crippen molar-refractivity contribution in [3.63, 3.8) is 0 Å². The minimum atomic E-state index is 0.169. The molecule has 2 aromatic carbocycles. The Labute approximate surface area is 172 Å². The summed E-state index contributed by atoms with van der Waals surface area (Å²) in [6, 6.07) is 18.5. The minimum Gasteiger partial charge on any atom is -0.342 e. The lowest BCUT2D eigenvalue weighted by molar-refractivity contribution is -0.134. The molecule has 5 nitrogen and oxygen atoms in total. The number of amides is 2. The van der Waals surface area contributed by atoms with Crippen molar-refractivity contribution in [1.29, 1.82) is 0 Å². The van der Waals surface area contributed by atoms with Gasteiger partial charge >= 0.3 is 0 Å². The van der Waals surface area contributed by atoms with Crippen LogP contribution in [0.4, 0.5) is 0 Å². The quantitative estimate of drug-likeness (QED) is 0.787.